The van der Waals surface area contributed by atoms with E-state index >= 15 is 0 Å². The fraction of sp³-hybridized carbons (Fsp3) is 0.350. The van der Waals surface area contributed by atoms with Gasteiger partial charge in [-0.05, 0) is 38.0 Å². The van der Waals surface area contributed by atoms with Crippen LogP contribution in [0.3, 0.4) is 0 Å². The molecule has 1 aromatic carbocycles. The zero-order valence-corrected chi connectivity index (χ0v) is 16.6. The summed E-state index contributed by atoms with van der Waals surface area (Å²) in [6, 6.07) is 7.31. The van der Waals surface area contributed by atoms with Crippen molar-refractivity contribution in [3.05, 3.63) is 35.2 Å². The predicted octanol–water partition coefficient (Wildman–Crippen LogP) is 4.18. The third kappa shape index (κ3) is 5.82. The quantitative estimate of drug-likeness (QED) is 0.575. The highest BCUT2D eigenvalue weighted by molar-refractivity contribution is 7.15. The molecule has 0 fully saturated rings. The van der Waals surface area contributed by atoms with Gasteiger partial charge in [0.2, 0.25) is 5.91 Å². The number of nitrogens with one attached hydrogen (secondary N) is 1. The van der Waals surface area contributed by atoms with E-state index in [1.54, 1.807) is 12.3 Å². The highest BCUT2D eigenvalue weighted by Crippen LogP contribution is 2.37. The Morgan fingerprint density at radius 2 is 1.79 bits per heavy atom. The fourth-order valence-corrected chi connectivity index (χ4v) is 3.53. The molecule has 0 unspecified atom stereocenters. The molecule has 0 saturated carbocycles. The minimum absolute atomic E-state index is 0.0604. The number of anilines is 1. The van der Waals surface area contributed by atoms with Gasteiger partial charge in [-0.25, -0.2) is 4.79 Å². The van der Waals surface area contributed by atoms with Crippen LogP contribution in [0.15, 0.2) is 29.6 Å². The number of amides is 1. The van der Waals surface area contributed by atoms with Crippen molar-refractivity contribution in [3.63, 3.8) is 0 Å². The summed E-state index contributed by atoms with van der Waals surface area (Å²) in [5.41, 5.74) is 1.75. The van der Waals surface area contributed by atoms with Crippen LogP contribution in [0, 0.1) is 0 Å². The van der Waals surface area contributed by atoms with Crippen LogP contribution in [-0.4, -0.2) is 36.2 Å². The van der Waals surface area contributed by atoms with Crippen molar-refractivity contribution in [1.29, 1.82) is 0 Å². The van der Waals surface area contributed by atoms with Gasteiger partial charge in [-0.2, -0.15) is 0 Å². The minimum atomic E-state index is -0.950. The van der Waals surface area contributed by atoms with Gasteiger partial charge in [-0.1, -0.05) is 12.1 Å². The summed E-state index contributed by atoms with van der Waals surface area (Å²) in [5.74, 6) is -1.08. The van der Waals surface area contributed by atoms with Crippen LogP contribution in [0.25, 0.3) is 11.1 Å². The first kappa shape index (κ1) is 21.4. The molecule has 1 heterocycles. The van der Waals surface area contributed by atoms with Gasteiger partial charge in [0, 0.05) is 23.8 Å². The Bertz CT molecular complexity index is 828. The van der Waals surface area contributed by atoms with Gasteiger partial charge < -0.3 is 19.9 Å². The number of carboxylic acids is 1. The lowest BCUT2D eigenvalue weighted by atomic mass is 10.0. The van der Waals surface area contributed by atoms with Crippen molar-refractivity contribution < 1.29 is 29.0 Å². The molecule has 150 valence electrons. The molecule has 0 saturated heterocycles. The normalized spacial score (nSPS) is 10.4. The Labute approximate surface area is 167 Å². The second-order valence-corrected chi connectivity index (χ2v) is 6.71. The van der Waals surface area contributed by atoms with E-state index < -0.39 is 11.9 Å². The number of carboxylic acid groups (broad SMARTS) is 1. The van der Waals surface area contributed by atoms with E-state index in [1.807, 2.05) is 31.2 Å². The Balaban J connectivity index is 2.25. The van der Waals surface area contributed by atoms with Gasteiger partial charge in [0.25, 0.3) is 0 Å². The van der Waals surface area contributed by atoms with Crippen LogP contribution < -0.4 is 10.1 Å². The molecule has 0 aliphatic rings. The largest absolute Gasteiger partial charge is 0.494 e. The summed E-state index contributed by atoms with van der Waals surface area (Å²) in [6.07, 6.45) is 0.206. The van der Waals surface area contributed by atoms with Gasteiger partial charge in [0.15, 0.2) is 0 Å². The average molecular weight is 405 g/mol. The molecule has 2 rings (SSSR count). The van der Waals surface area contributed by atoms with E-state index in [-0.39, 0.29) is 31.8 Å². The van der Waals surface area contributed by atoms with Crippen LogP contribution in [0.5, 0.6) is 5.75 Å². The summed E-state index contributed by atoms with van der Waals surface area (Å²) >= 11 is 1.23. The van der Waals surface area contributed by atoms with Crippen LogP contribution in [0.1, 0.15) is 43.5 Å². The third-order valence-corrected chi connectivity index (χ3v) is 4.69. The lowest BCUT2D eigenvalue weighted by molar-refractivity contribution is -0.137. The van der Waals surface area contributed by atoms with E-state index in [0.717, 1.165) is 11.3 Å². The van der Waals surface area contributed by atoms with Crippen LogP contribution in [0.2, 0.25) is 0 Å². The van der Waals surface area contributed by atoms with E-state index in [9.17, 15) is 14.4 Å². The Morgan fingerprint density at radius 1 is 1.07 bits per heavy atom. The molecule has 28 heavy (non-hydrogen) atoms. The third-order valence-electron chi connectivity index (χ3n) is 3.79. The number of thiophene rings is 1. The first-order valence-electron chi connectivity index (χ1n) is 8.99. The molecule has 0 spiro atoms. The highest BCUT2D eigenvalue weighted by atomic mass is 32.1. The number of aliphatic carboxylic acids is 1. The lowest BCUT2D eigenvalue weighted by Crippen LogP contribution is -2.14. The maximum absolute atomic E-state index is 12.5. The molecular weight excluding hydrogens is 382 g/mol. The van der Waals surface area contributed by atoms with Crippen molar-refractivity contribution in [3.8, 4) is 16.9 Å². The highest BCUT2D eigenvalue weighted by Gasteiger charge is 2.22. The molecule has 2 N–H and O–H groups in total. The number of rotatable bonds is 10. The zero-order chi connectivity index (χ0) is 20.5. The van der Waals surface area contributed by atoms with Crippen molar-refractivity contribution in [2.45, 2.75) is 33.1 Å². The van der Waals surface area contributed by atoms with Crippen LogP contribution >= 0.6 is 11.3 Å². The molecular formula is C20H23NO6S. The summed E-state index contributed by atoms with van der Waals surface area (Å²) in [6.45, 7) is 4.38. The van der Waals surface area contributed by atoms with E-state index in [1.165, 1.54) is 11.3 Å². The summed E-state index contributed by atoms with van der Waals surface area (Å²) < 4.78 is 10.6. The number of carbonyl (C=O) groups excluding carboxylic acids is 2. The first-order chi connectivity index (χ1) is 13.5. The topological polar surface area (TPSA) is 102 Å². The molecule has 7 nitrogen and oxygen atoms in total. The number of esters is 1. The molecule has 8 heteroatoms. The SMILES string of the molecule is CCOC(=O)c1c(-c2ccc(OCC)cc2)csc1NC(=O)CCCC(=O)O. The first-order valence-corrected chi connectivity index (χ1v) is 9.87. The van der Waals surface area contributed by atoms with E-state index in [4.69, 9.17) is 14.6 Å². The van der Waals surface area contributed by atoms with Crippen molar-refractivity contribution in [2.24, 2.45) is 0 Å². The molecule has 1 aromatic heterocycles. The van der Waals surface area contributed by atoms with Crippen molar-refractivity contribution >= 4 is 34.2 Å². The van der Waals surface area contributed by atoms with E-state index in [2.05, 4.69) is 5.32 Å². The van der Waals surface area contributed by atoms with Gasteiger partial charge in [0.05, 0.1) is 13.2 Å². The second kappa shape index (κ2) is 10.5. The molecule has 1 amide bonds. The molecule has 2 aromatic rings. The molecule has 0 aliphatic carbocycles. The minimum Gasteiger partial charge on any atom is -0.494 e. The standard InChI is InChI=1S/C20H23NO6S/c1-3-26-14-10-8-13(9-11-14)15-12-28-19(18(15)20(25)27-4-2)21-16(22)6-5-7-17(23)24/h8-12H,3-7H2,1-2H3,(H,21,22)(H,23,24). The predicted molar refractivity (Wildman–Crippen MR) is 107 cm³/mol. The Morgan fingerprint density at radius 3 is 2.39 bits per heavy atom. The lowest BCUT2D eigenvalue weighted by Gasteiger charge is -2.09. The average Bonchev–Trinajstić information content (AvgIpc) is 3.06. The number of hydrogen-bond donors (Lipinski definition) is 2. The number of hydrogen-bond acceptors (Lipinski definition) is 6. The fourth-order valence-electron chi connectivity index (χ4n) is 2.55. The summed E-state index contributed by atoms with van der Waals surface area (Å²) in [5, 5.41) is 13.6. The smallest absolute Gasteiger partial charge is 0.341 e. The number of carbonyl (C=O) groups is 3. The Hall–Kier alpha value is -2.87. The number of ether oxygens (including phenoxy) is 2. The zero-order valence-electron chi connectivity index (χ0n) is 15.8. The summed E-state index contributed by atoms with van der Waals surface area (Å²) in [4.78, 5) is 35.2. The number of benzene rings is 1. The van der Waals surface area contributed by atoms with E-state index in [0.29, 0.717) is 22.7 Å². The van der Waals surface area contributed by atoms with Crippen molar-refractivity contribution in [2.75, 3.05) is 18.5 Å². The van der Waals surface area contributed by atoms with Gasteiger partial charge in [-0.15, -0.1) is 11.3 Å². The maximum Gasteiger partial charge on any atom is 0.341 e. The van der Waals surface area contributed by atoms with Gasteiger partial charge in [0.1, 0.15) is 16.3 Å². The second-order valence-electron chi connectivity index (χ2n) is 5.83. The maximum atomic E-state index is 12.5. The monoisotopic (exact) mass is 405 g/mol. The van der Waals surface area contributed by atoms with Crippen LogP contribution in [0.4, 0.5) is 5.00 Å². The molecule has 0 radical (unpaired) electrons. The molecule has 0 atom stereocenters. The summed E-state index contributed by atoms with van der Waals surface area (Å²) in [7, 11) is 0. The van der Waals surface area contributed by atoms with Crippen molar-refractivity contribution in [1.82, 2.24) is 0 Å². The Kier molecular flexibility index (Phi) is 8.01. The molecule has 0 bridgehead atoms. The van der Waals surface area contributed by atoms with Gasteiger partial charge in [-0.3, -0.25) is 9.59 Å². The van der Waals surface area contributed by atoms with Crippen LogP contribution in [-0.2, 0) is 14.3 Å². The van der Waals surface area contributed by atoms with Gasteiger partial charge >= 0.3 is 11.9 Å². The molecule has 0 aliphatic heterocycles.